The summed E-state index contributed by atoms with van der Waals surface area (Å²) >= 11 is 0. The lowest BCUT2D eigenvalue weighted by Gasteiger charge is -2.16. The first-order chi connectivity index (χ1) is 9.75. The van der Waals surface area contributed by atoms with E-state index in [0.29, 0.717) is 5.82 Å². The number of hydrogen-bond acceptors (Lipinski definition) is 4. The Balaban J connectivity index is 2.03. The molecule has 0 aromatic carbocycles. The summed E-state index contributed by atoms with van der Waals surface area (Å²) in [5.41, 5.74) is 8.74. The molecule has 0 amide bonds. The maximum Gasteiger partial charge on any atom is 0.123 e. The van der Waals surface area contributed by atoms with Crippen molar-refractivity contribution in [3.8, 4) is 11.3 Å². The normalized spacial score (nSPS) is 12.2. The van der Waals surface area contributed by atoms with Gasteiger partial charge in [0.2, 0.25) is 0 Å². The quantitative estimate of drug-likeness (QED) is 0.790. The first-order valence-corrected chi connectivity index (χ1v) is 6.40. The summed E-state index contributed by atoms with van der Waals surface area (Å²) in [7, 11) is 0. The molecule has 0 bridgehead atoms. The molecule has 5 nitrogen and oxygen atoms in total. The number of imidazole rings is 1. The fraction of sp³-hybridized carbons (Fsp3) is 0.133. The van der Waals surface area contributed by atoms with Gasteiger partial charge in [-0.25, -0.2) is 9.97 Å². The largest absolute Gasteiger partial charge is 0.384 e. The number of aromatic nitrogens is 4. The Bertz CT molecular complexity index is 705. The number of anilines is 1. The molecule has 3 rings (SSSR count). The lowest BCUT2D eigenvalue weighted by atomic mass is 10.1. The van der Waals surface area contributed by atoms with Crippen molar-refractivity contribution in [1.29, 1.82) is 0 Å². The van der Waals surface area contributed by atoms with Crippen LogP contribution in [-0.4, -0.2) is 19.5 Å². The molecule has 5 heteroatoms. The molecule has 0 saturated carbocycles. The van der Waals surface area contributed by atoms with E-state index in [-0.39, 0.29) is 6.04 Å². The topological polar surface area (TPSA) is 69.6 Å². The molecule has 20 heavy (non-hydrogen) atoms. The van der Waals surface area contributed by atoms with E-state index in [9.17, 15) is 0 Å². The summed E-state index contributed by atoms with van der Waals surface area (Å²) in [6.45, 7) is 2.10. The predicted molar refractivity (Wildman–Crippen MR) is 77.9 cm³/mol. The van der Waals surface area contributed by atoms with Crippen molar-refractivity contribution in [3.05, 3.63) is 60.9 Å². The van der Waals surface area contributed by atoms with E-state index in [2.05, 4.69) is 26.4 Å². The van der Waals surface area contributed by atoms with Gasteiger partial charge in [0.15, 0.2) is 0 Å². The summed E-state index contributed by atoms with van der Waals surface area (Å²) in [6.07, 6.45) is 7.14. The molecule has 0 aliphatic carbocycles. The van der Waals surface area contributed by atoms with Crippen LogP contribution in [0.2, 0.25) is 0 Å². The highest BCUT2D eigenvalue weighted by Crippen LogP contribution is 2.25. The standard InChI is InChI=1S/C15H15N5/c1-11(13-4-2-3-6-18-13)20-10-17-9-14(20)12-5-7-19-15(16)8-12/h2-11H,1H3,(H2,16,19). The minimum Gasteiger partial charge on any atom is -0.384 e. The van der Waals surface area contributed by atoms with Gasteiger partial charge in [0.05, 0.1) is 30.0 Å². The SMILES string of the molecule is CC(c1ccccn1)n1cncc1-c1ccnc(N)c1. The van der Waals surface area contributed by atoms with Crippen LogP contribution in [0.5, 0.6) is 0 Å². The van der Waals surface area contributed by atoms with Crippen molar-refractivity contribution in [1.82, 2.24) is 19.5 Å². The van der Waals surface area contributed by atoms with Crippen molar-refractivity contribution in [2.75, 3.05) is 5.73 Å². The molecule has 3 heterocycles. The zero-order chi connectivity index (χ0) is 13.9. The summed E-state index contributed by atoms with van der Waals surface area (Å²) in [4.78, 5) is 12.7. The van der Waals surface area contributed by atoms with Crippen molar-refractivity contribution in [2.45, 2.75) is 13.0 Å². The highest BCUT2D eigenvalue weighted by Gasteiger charge is 2.13. The number of nitrogens with zero attached hydrogens (tertiary/aromatic N) is 4. The molecule has 0 radical (unpaired) electrons. The second-order valence-electron chi connectivity index (χ2n) is 4.59. The molecular formula is C15H15N5. The third-order valence-corrected chi connectivity index (χ3v) is 3.28. The fourth-order valence-electron chi connectivity index (χ4n) is 2.21. The smallest absolute Gasteiger partial charge is 0.123 e. The minimum atomic E-state index is 0.100. The summed E-state index contributed by atoms with van der Waals surface area (Å²) in [5.74, 6) is 0.501. The molecule has 0 aliphatic rings. The van der Waals surface area contributed by atoms with E-state index in [1.807, 2.05) is 42.9 Å². The second kappa shape index (κ2) is 5.13. The molecule has 1 unspecified atom stereocenters. The molecule has 100 valence electrons. The van der Waals surface area contributed by atoms with Gasteiger partial charge in [-0.3, -0.25) is 4.98 Å². The first kappa shape index (κ1) is 12.3. The summed E-state index contributed by atoms with van der Waals surface area (Å²) < 4.78 is 2.08. The molecule has 0 spiro atoms. The van der Waals surface area contributed by atoms with Gasteiger partial charge < -0.3 is 10.3 Å². The molecule has 0 saturated heterocycles. The highest BCUT2D eigenvalue weighted by molar-refractivity contribution is 5.62. The first-order valence-electron chi connectivity index (χ1n) is 6.40. The minimum absolute atomic E-state index is 0.100. The van der Waals surface area contributed by atoms with Crippen LogP contribution in [0.1, 0.15) is 18.7 Å². The molecule has 1 atom stereocenters. The number of nitrogens with two attached hydrogens (primary N) is 1. The Hall–Kier alpha value is -2.69. The van der Waals surface area contributed by atoms with Crippen LogP contribution in [0.3, 0.4) is 0 Å². The predicted octanol–water partition coefficient (Wildman–Crippen LogP) is 2.53. The summed E-state index contributed by atoms with van der Waals surface area (Å²) in [5, 5.41) is 0. The Morgan fingerprint density at radius 3 is 2.80 bits per heavy atom. The molecular weight excluding hydrogens is 250 g/mol. The van der Waals surface area contributed by atoms with Crippen LogP contribution in [0.4, 0.5) is 5.82 Å². The molecule has 3 aromatic heterocycles. The summed E-state index contributed by atoms with van der Waals surface area (Å²) in [6, 6.07) is 9.78. The van der Waals surface area contributed by atoms with E-state index < -0.39 is 0 Å². The van der Waals surface area contributed by atoms with Gasteiger partial charge >= 0.3 is 0 Å². The maximum absolute atomic E-state index is 5.75. The van der Waals surface area contributed by atoms with Gasteiger partial charge in [0.25, 0.3) is 0 Å². The lowest BCUT2D eigenvalue weighted by molar-refractivity contribution is 0.626. The molecule has 0 fully saturated rings. The van der Waals surface area contributed by atoms with Crippen LogP contribution >= 0.6 is 0 Å². The Kier molecular flexibility index (Phi) is 3.16. The van der Waals surface area contributed by atoms with Gasteiger partial charge in [-0.15, -0.1) is 0 Å². The van der Waals surface area contributed by atoms with Gasteiger partial charge in [-0.2, -0.15) is 0 Å². The number of nitrogen functional groups attached to an aromatic ring is 1. The van der Waals surface area contributed by atoms with Crippen LogP contribution in [0.25, 0.3) is 11.3 Å². The maximum atomic E-state index is 5.75. The zero-order valence-electron chi connectivity index (χ0n) is 11.1. The van der Waals surface area contributed by atoms with Crippen LogP contribution in [-0.2, 0) is 0 Å². The average Bonchev–Trinajstić information content (AvgIpc) is 2.97. The van der Waals surface area contributed by atoms with Gasteiger partial charge in [-0.05, 0) is 31.2 Å². The van der Waals surface area contributed by atoms with Gasteiger partial charge in [-0.1, -0.05) is 6.07 Å². The van der Waals surface area contributed by atoms with Crippen molar-refractivity contribution < 1.29 is 0 Å². The average molecular weight is 265 g/mol. The zero-order valence-corrected chi connectivity index (χ0v) is 11.1. The molecule has 0 aliphatic heterocycles. The number of rotatable bonds is 3. The van der Waals surface area contributed by atoms with E-state index in [1.54, 1.807) is 12.4 Å². The third-order valence-electron chi connectivity index (χ3n) is 3.28. The number of hydrogen-bond donors (Lipinski definition) is 1. The van der Waals surface area contributed by atoms with Crippen LogP contribution in [0, 0.1) is 0 Å². The number of pyridine rings is 2. The van der Waals surface area contributed by atoms with Crippen molar-refractivity contribution in [2.24, 2.45) is 0 Å². The van der Waals surface area contributed by atoms with E-state index in [4.69, 9.17) is 5.73 Å². The third kappa shape index (κ3) is 2.25. The van der Waals surface area contributed by atoms with Gasteiger partial charge in [0.1, 0.15) is 5.82 Å². The monoisotopic (exact) mass is 265 g/mol. The van der Waals surface area contributed by atoms with Gasteiger partial charge in [0, 0.05) is 18.0 Å². The Morgan fingerprint density at radius 1 is 1.15 bits per heavy atom. The van der Waals surface area contributed by atoms with Crippen molar-refractivity contribution >= 4 is 5.82 Å². The van der Waals surface area contributed by atoms with E-state index in [0.717, 1.165) is 17.0 Å². The molecule has 2 N–H and O–H groups in total. The fourth-order valence-corrected chi connectivity index (χ4v) is 2.21. The van der Waals surface area contributed by atoms with Crippen LogP contribution < -0.4 is 5.73 Å². The van der Waals surface area contributed by atoms with E-state index >= 15 is 0 Å². The van der Waals surface area contributed by atoms with Crippen molar-refractivity contribution in [3.63, 3.8) is 0 Å². The molecule has 3 aromatic rings. The second-order valence-corrected chi connectivity index (χ2v) is 4.59. The van der Waals surface area contributed by atoms with E-state index in [1.165, 1.54) is 0 Å². The Labute approximate surface area is 117 Å². The lowest BCUT2D eigenvalue weighted by Crippen LogP contribution is -2.08. The Morgan fingerprint density at radius 2 is 2.05 bits per heavy atom. The highest BCUT2D eigenvalue weighted by atomic mass is 15.1. The van der Waals surface area contributed by atoms with Crippen LogP contribution in [0.15, 0.2) is 55.2 Å².